The van der Waals surface area contributed by atoms with Gasteiger partial charge in [0.2, 0.25) is 5.91 Å². The minimum atomic E-state index is -0.0791. The van der Waals surface area contributed by atoms with Crippen LogP contribution in [0.4, 0.5) is 5.69 Å². The van der Waals surface area contributed by atoms with Gasteiger partial charge in [-0.05, 0) is 50.9 Å². The van der Waals surface area contributed by atoms with Gasteiger partial charge in [-0.2, -0.15) is 0 Å². The summed E-state index contributed by atoms with van der Waals surface area (Å²) in [6, 6.07) is 5.76. The van der Waals surface area contributed by atoms with Gasteiger partial charge in [-0.1, -0.05) is 12.5 Å². The minimum Gasteiger partial charge on any atom is -0.492 e. The number of piperidine rings is 1. The fourth-order valence-corrected chi connectivity index (χ4v) is 2.30. The number of carbonyl (C=O) groups is 1. The van der Waals surface area contributed by atoms with Gasteiger partial charge in [0, 0.05) is 0 Å². The Kier molecular flexibility index (Phi) is 4.80. The van der Waals surface area contributed by atoms with Gasteiger partial charge in [-0.25, -0.2) is 0 Å². The first-order valence-electron chi connectivity index (χ1n) is 6.98. The molecule has 4 nitrogen and oxygen atoms in total. The Morgan fingerprint density at radius 3 is 3.00 bits per heavy atom. The molecule has 1 atom stereocenters. The zero-order valence-corrected chi connectivity index (χ0v) is 11.7. The quantitative estimate of drug-likeness (QED) is 0.876. The van der Waals surface area contributed by atoms with Crippen LogP contribution >= 0.6 is 0 Å². The molecule has 0 unspecified atom stereocenters. The topological polar surface area (TPSA) is 50.4 Å². The predicted molar refractivity (Wildman–Crippen MR) is 76.6 cm³/mol. The molecule has 1 aliphatic rings. The molecule has 2 rings (SSSR count). The number of anilines is 1. The first-order chi connectivity index (χ1) is 9.20. The smallest absolute Gasteiger partial charge is 0.241 e. The highest BCUT2D eigenvalue weighted by atomic mass is 16.5. The summed E-state index contributed by atoms with van der Waals surface area (Å²) in [6.07, 6.45) is 3.16. The Morgan fingerprint density at radius 1 is 1.47 bits per heavy atom. The van der Waals surface area contributed by atoms with Crippen molar-refractivity contribution in [1.29, 1.82) is 0 Å². The van der Waals surface area contributed by atoms with Crippen LogP contribution in [0, 0.1) is 6.92 Å². The van der Waals surface area contributed by atoms with Crippen LogP contribution in [-0.4, -0.2) is 25.1 Å². The molecule has 1 aliphatic heterocycles. The molecular formula is C15H22N2O2. The number of hydrogen-bond acceptors (Lipinski definition) is 3. The lowest BCUT2D eigenvalue weighted by molar-refractivity contribution is -0.118. The maximum atomic E-state index is 12.2. The van der Waals surface area contributed by atoms with Gasteiger partial charge >= 0.3 is 0 Å². The van der Waals surface area contributed by atoms with E-state index in [1.54, 1.807) is 0 Å². The van der Waals surface area contributed by atoms with Crippen molar-refractivity contribution in [2.45, 2.75) is 39.2 Å². The lowest BCUT2D eigenvalue weighted by Crippen LogP contribution is -2.43. The van der Waals surface area contributed by atoms with E-state index in [-0.39, 0.29) is 11.9 Å². The second-order valence-electron chi connectivity index (χ2n) is 4.92. The molecule has 19 heavy (non-hydrogen) atoms. The molecule has 0 spiro atoms. The van der Waals surface area contributed by atoms with Crippen LogP contribution in [0.3, 0.4) is 0 Å². The van der Waals surface area contributed by atoms with E-state index in [0.717, 1.165) is 42.8 Å². The van der Waals surface area contributed by atoms with Crippen molar-refractivity contribution in [3.63, 3.8) is 0 Å². The highest BCUT2D eigenvalue weighted by Crippen LogP contribution is 2.26. The molecule has 1 fully saturated rings. The normalized spacial score (nSPS) is 18.9. The summed E-state index contributed by atoms with van der Waals surface area (Å²) < 4.78 is 5.57. The Morgan fingerprint density at radius 2 is 2.32 bits per heavy atom. The van der Waals surface area contributed by atoms with E-state index in [1.165, 1.54) is 0 Å². The highest BCUT2D eigenvalue weighted by Gasteiger charge is 2.21. The largest absolute Gasteiger partial charge is 0.492 e. The summed E-state index contributed by atoms with van der Waals surface area (Å²) in [5, 5.41) is 6.21. The first kappa shape index (κ1) is 13.9. The first-order valence-corrected chi connectivity index (χ1v) is 6.98. The molecule has 0 aliphatic carbocycles. The number of ether oxygens (including phenoxy) is 1. The number of rotatable bonds is 4. The Balaban J connectivity index is 2.06. The Hall–Kier alpha value is -1.55. The van der Waals surface area contributed by atoms with Crippen molar-refractivity contribution in [1.82, 2.24) is 5.32 Å². The number of carbonyl (C=O) groups excluding carboxylic acids is 1. The van der Waals surface area contributed by atoms with Crippen molar-refractivity contribution in [2.24, 2.45) is 0 Å². The number of nitrogens with one attached hydrogen (secondary N) is 2. The molecule has 1 amide bonds. The summed E-state index contributed by atoms with van der Waals surface area (Å²) in [5.74, 6) is 0.774. The third-order valence-corrected chi connectivity index (χ3v) is 3.32. The highest BCUT2D eigenvalue weighted by molar-refractivity contribution is 5.96. The molecule has 1 saturated heterocycles. The number of aryl methyl sites for hydroxylation is 1. The second kappa shape index (κ2) is 6.57. The van der Waals surface area contributed by atoms with E-state index < -0.39 is 0 Å². The fraction of sp³-hybridized carbons (Fsp3) is 0.533. The van der Waals surface area contributed by atoms with Gasteiger partial charge in [-0.15, -0.1) is 0 Å². The molecule has 0 bridgehead atoms. The third kappa shape index (κ3) is 3.70. The molecule has 4 heteroatoms. The number of hydrogen-bond donors (Lipinski definition) is 2. The van der Waals surface area contributed by atoms with E-state index in [9.17, 15) is 4.79 Å². The van der Waals surface area contributed by atoms with Gasteiger partial charge in [-0.3, -0.25) is 4.79 Å². The van der Waals surface area contributed by atoms with Gasteiger partial charge in [0.25, 0.3) is 0 Å². The van der Waals surface area contributed by atoms with Crippen molar-refractivity contribution in [3.8, 4) is 5.75 Å². The van der Waals surface area contributed by atoms with Crippen LogP contribution in [0.25, 0.3) is 0 Å². The second-order valence-corrected chi connectivity index (χ2v) is 4.92. The van der Waals surface area contributed by atoms with Crippen LogP contribution in [0.2, 0.25) is 0 Å². The van der Waals surface area contributed by atoms with Crippen molar-refractivity contribution >= 4 is 11.6 Å². The fourth-order valence-electron chi connectivity index (χ4n) is 2.30. The molecule has 1 heterocycles. The summed E-state index contributed by atoms with van der Waals surface area (Å²) >= 11 is 0. The van der Waals surface area contributed by atoms with Crippen LogP contribution in [-0.2, 0) is 4.79 Å². The van der Waals surface area contributed by atoms with Gasteiger partial charge in [0.05, 0.1) is 18.3 Å². The molecule has 0 saturated carbocycles. The minimum absolute atomic E-state index is 0.0320. The Labute approximate surface area is 114 Å². The Bertz CT molecular complexity index is 440. The zero-order chi connectivity index (χ0) is 13.7. The predicted octanol–water partition coefficient (Wildman–Crippen LogP) is 2.47. The van der Waals surface area contributed by atoms with Crippen LogP contribution in [0.15, 0.2) is 18.2 Å². The van der Waals surface area contributed by atoms with Crippen molar-refractivity contribution in [2.75, 3.05) is 18.5 Å². The molecule has 2 N–H and O–H groups in total. The van der Waals surface area contributed by atoms with Gasteiger partial charge in [0.1, 0.15) is 5.75 Å². The lowest BCUT2D eigenvalue weighted by Gasteiger charge is -2.23. The van der Waals surface area contributed by atoms with Crippen molar-refractivity contribution < 1.29 is 9.53 Å². The van der Waals surface area contributed by atoms with E-state index in [0.29, 0.717) is 6.61 Å². The average molecular weight is 262 g/mol. The van der Waals surface area contributed by atoms with Gasteiger partial charge in [0.15, 0.2) is 0 Å². The average Bonchev–Trinajstić information content (AvgIpc) is 2.43. The van der Waals surface area contributed by atoms with Crippen LogP contribution < -0.4 is 15.4 Å². The third-order valence-electron chi connectivity index (χ3n) is 3.32. The summed E-state index contributed by atoms with van der Waals surface area (Å²) in [4.78, 5) is 12.2. The van der Waals surface area contributed by atoms with Crippen molar-refractivity contribution in [3.05, 3.63) is 23.8 Å². The van der Waals surface area contributed by atoms with Crippen LogP contribution in [0.1, 0.15) is 31.7 Å². The molecule has 1 aromatic rings. The van der Waals surface area contributed by atoms with E-state index in [4.69, 9.17) is 4.74 Å². The van der Waals surface area contributed by atoms with Gasteiger partial charge < -0.3 is 15.4 Å². The standard InChI is InChI=1S/C15H22N2O2/c1-3-19-14-10-11(2)7-8-12(14)17-15(18)13-6-4-5-9-16-13/h7-8,10,13,16H,3-6,9H2,1-2H3,(H,17,18)/t13-/m0/s1. The van der Waals surface area contributed by atoms with Crippen LogP contribution in [0.5, 0.6) is 5.75 Å². The molecular weight excluding hydrogens is 240 g/mol. The van der Waals surface area contributed by atoms with E-state index in [2.05, 4.69) is 10.6 Å². The SMILES string of the molecule is CCOc1cc(C)ccc1NC(=O)[C@@H]1CCCCN1. The molecule has 0 radical (unpaired) electrons. The lowest BCUT2D eigenvalue weighted by atomic mass is 10.0. The van der Waals surface area contributed by atoms with E-state index >= 15 is 0 Å². The summed E-state index contributed by atoms with van der Waals surface area (Å²) in [7, 11) is 0. The molecule has 0 aromatic heterocycles. The maximum Gasteiger partial charge on any atom is 0.241 e. The number of amides is 1. The number of benzene rings is 1. The monoisotopic (exact) mass is 262 g/mol. The summed E-state index contributed by atoms with van der Waals surface area (Å²) in [6.45, 7) is 5.46. The molecule has 104 valence electrons. The molecule has 1 aromatic carbocycles. The maximum absolute atomic E-state index is 12.2. The summed E-state index contributed by atoms with van der Waals surface area (Å²) in [5.41, 5.74) is 1.88. The van der Waals surface area contributed by atoms with E-state index in [1.807, 2.05) is 32.0 Å². The zero-order valence-electron chi connectivity index (χ0n) is 11.7.